The molecule has 2 aliphatic rings. The zero-order valence-corrected chi connectivity index (χ0v) is 23.9. The van der Waals surface area contributed by atoms with Gasteiger partial charge in [-0.15, -0.1) is 11.3 Å². The maximum absolute atomic E-state index is 14.4. The summed E-state index contributed by atoms with van der Waals surface area (Å²) in [5.41, 5.74) is 9.24. The maximum atomic E-state index is 14.4. The van der Waals surface area contributed by atoms with Gasteiger partial charge in [0.2, 0.25) is 0 Å². The Hall–Kier alpha value is -5.25. The van der Waals surface area contributed by atoms with E-state index in [0.29, 0.717) is 0 Å². The Labute approximate surface area is 251 Å². The highest BCUT2D eigenvalue weighted by molar-refractivity contribution is 7.26. The van der Waals surface area contributed by atoms with E-state index < -0.39 is 5.41 Å². The van der Waals surface area contributed by atoms with Gasteiger partial charge in [-0.3, -0.25) is 4.79 Å². The van der Waals surface area contributed by atoms with Gasteiger partial charge in [-0.05, 0) is 64.2 Å². The lowest BCUT2D eigenvalue weighted by Gasteiger charge is -2.34. The lowest BCUT2D eigenvalue weighted by molar-refractivity contribution is -0.117. The minimum absolute atomic E-state index is 0.122. The van der Waals surface area contributed by atoms with Crippen LogP contribution in [0.15, 0.2) is 133 Å². The molecule has 8 aromatic rings. The minimum Gasteiger partial charge on any atom is -0.309 e. The number of ketones is 1. The third kappa shape index (κ3) is 2.81. The highest BCUT2D eigenvalue weighted by Crippen LogP contribution is 2.59. The van der Waals surface area contributed by atoms with Crippen LogP contribution < -0.4 is 0 Å². The van der Waals surface area contributed by atoms with E-state index in [2.05, 4.69) is 132 Å². The molecule has 3 heteroatoms. The highest BCUT2D eigenvalue weighted by Gasteiger charge is 2.52. The molecule has 2 nitrogen and oxygen atoms in total. The van der Waals surface area contributed by atoms with E-state index in [9.17, 15) is 4.79 Å². The number of nitrogens with zero attached hydrogens (tertiary/aromatic N) is 1. The topological polar surface area (TPSA) is 22.0 Å². The fraction of sp³-hybridized carbons (Fsp3) is 0.0250. The van der Waals surface area contributed by atoms with Crippen molar-refractivity contribution in [1.29, 1.82) is 0 Å². The first kappa shape index (κ1) is 23.3. The Morgan fingerprint density at radius 2 is 1.23 bits per heavy atom. The molecule has 1 atom stereocenters. The van der Waals surface area contributed by atoms with Gasteiger partial charge in [0, 0.05) is 42.2 Å². The number of carbonyl (C=O) groups excluding carboxylic acids is 1. The molecule has 0 aliphatic heterocycles. The highest BCUT2D eigenvalue weighted by atomic mass is 32.1. The van der Waals surface area contributed by atoms with Crippen LogP contribution in [0.4, 0.5) is 0 Å². The van der Waals surface area contributed by atoms with Crippen molar-refractivity contribution in [2.45, 2.75) is 5.41 Å². The van der Waals surface area contributed by atoms with Crippen molar-refractivity contribution in [2.75, 3.05) is 0 Å². The van der Waals surface area contributed by atoms with E-state index in [4.69, 9.17) is 0 Å². The van der Waals surface area contributed by atoms with Crippen molar-refractivity contribution in [3.05, 3.63) is 156 Å². The van der Waals surface area contributed by atoms with Crippen molar-refractivity contribution in [3.8, 4) is 16.8 Å². The van der Waals surface area contributed by atoms with E-state index in [-0.39, 0.29) is 5.78 Å². The normalized spacial score (nSPS) is 16.9. The molecule has 0 N–H and O–H groups in total. The summed E-state index contributed by atoms with van der Waals surface area (Å²) in [5.74, 6) is 0.122. The third-order valence-corrected chi connectivity index (χ3v) is 10.8. The van der Waals surface area contributed by atoms with Gasteiger partial charge in [0.1, 0.15) is 5.41 Å². The Morgan fingerprint density at radius 1 is 0.558 bits per heavy atom. The van der Waals surface area contributed by atoms with Gasteiger partial charge in [0.05, 0.1) is 11.0 Å². The van der Waals surface area contributed by atoms with Crippen LogP contribution >= 0.6 is 11.3 Å². The molecule has 0 fully saturated rings. The molecular formula is C40H23NOS. The average molecular weight is 566 g/mol. The standard InChI is InChI=1S/C40H23NOS/c42-37-22-17-24-9-1-5-13-31(24)40(37)32-20-18-25(41-34-14-6-2-10-26(34)27-11-3-7-15-35(27)41)23-30(32)38-33(40)21-19-29-28-12-4-8-16-36(28)43-39(29)38/h1-23H. The molecule has 0 radical (unpaired) electrons. The summed E-state index contributed by atoms with van der Waals surface area (Å²) in [5, 5.41) is 4.99. The Bertz CT molecular complexity index is 2490. The van der Waals surface area contributed by atoms with Gasteiger partial charge >= 0.3 is 0 Å². The Balaban J connectivity index is 1.37. The minimum atomic E-state index is -0.875. The van der Waals surface area contributed by atoms with Crippen LogP contribution in [0.5, 0.6) is 0 Å². The van der Waals surface area contributed by atoms with Crippen molar-refractivity contribution >= 4 is 65.2 Å². The lowest BCUT2D eigenvalue weighted by atomic mass is 9.66. The van der Waals surface area contributed by atoms with Crippen LogP contribution in [0.1, 0.15) is 22.3 Å². The van der Waals surface area contributed by atoms with E-state index in [1.807, 2.05) is 17.4 Å². The monoisotopic (exact) mass is 565 g/mol. The second kappa shape index (κ2) is 8.19. The number of hydrogen-bond donors (Lipinski definition) is 0. The molecule has 2 heterocycles. The fourth-order valence-corrected chi connectivity index (χ4v) is 9.15. The number of hydrogen-bond acceptors (Lipinski definition) is 2. The van der Waals surface area contributed by atoms with Crippen LogP contribution in [0.2, 0.25) is 0 Å². The molecule has 10 rings (SSSR count). The SMILES string of the molecule is O=C1C=Cc2ccccc2C12c1ccc(-n3c4ccccc4c4ccccc43)cc1-c1c2ccc2c1sc1ccccc12. The van der Waals surface area contributed by atoms with Crippen LogP contribution in [-0.2, 0) is 10.2 Å². The van der Waals surface area contributed by atoms with Crippen LogP contribution in [0.25, 0.3) is 64.9 Å². The number of para-hydroxylation sites is 2. The second-order valence-electron chi connectivity index (χ2n) is 11.6. The molecule has 43 heavy (non-hydrogen) atoms. The van der Waals surface area contributed by atoms with Gasteiger partial charge in [0.15, 0.2) is 5.78 Å². The zero-order valence-electron chi connectivity index (χ0n) is 23.0. The molecule has 0 saturated heterocycles. The first-order valence-electron chi connectivity index (χ1n) is 14.7. The summed E-state index contributed by atoms with van der Waals surface area (Å²) in [4.78, 5) is 14.4. The molecule has 2 aliphatic carbocycles. The Morgan fingerprint density at radius 3 is 2.05 bits per heavy atom. The summed E-state index contributed by atoms with van der Waals surface area (Å²) in [7, 11) is 0. The molecule has 1 spiro atoms. The third-order valence-electron chi connectivity index (χ3n) is 9.61. The smallest absolute Gasteiger partial charge is 0.175 e. The van der Waals surface area contributed by atoms with Crippen molar-refractivity contribution in [1.82, 2.24) is 4.57 Å². The number of fused-ring (bicyclic) bond motifs is 14. The van der Waals surface area contributed by atoms with Crippen molar-refractivity contribution < 1.29 is 4.79 Å². The lowest BCUT2D eigenvalue weighted by Crippen LogP contribution is -2.37. The van der Waals surface area contributed by atoms with Gasteiger partial charge in [-0.25, -0.2) is 0 Å². The van der Waals surface area contributed by atoms with E-state index >= 15 is 0 Å². The second-order valence-corrected chi connectivity index (χ2v) is 12.6. The summed E-state index contributed by atoms with van der Waals surface area (Å²) in [6, 6.07) is 45.5. The summed E-state index contributed by atoms with van der Waals surface area (Å²) in [6.45, 7) is 0. The van der Waals surface area contributed by atoms with E-state index in [0.717, 1.165) is 33.5 Å². The maximum Gasteiger partial charge on any atom is 0.175 e. The fourth-order valence-electron chi connectivity index (χ4n) is 7.88. The number of thiophene rings is 1. The molecule has 2 aromatic heterocycles. The number of aromatic nitrogens is 1. The van der Waals surface area contributed by atoms with Crippen molar-refractivity contribution in [2.24, 2.45) is 0 Å². The van der Waals surface area contributed by atoms with Crippen LogP contribution in [-0.4, -0.2) is 10.4 Å². The predicted octanol–water partition coefficient (Wildman–Crippen LogP) is 10.1. The van der Waals surface area contributed by atoms with Gasteiger partial charge in [-0.1, -0.05) is 103 Å². The number of benzene rings is 6. The number of carbonyl (C=O) groups is 1. The van der Waals surface area contributed by atoms with E-state index in [1.165, 1.54) is 47.5 Å². The zero-order chi connectivity index (χ0) is 28.3. The van der Waals surface area contributed by atoms with Gasteiger partial charge < -0.3 is 4.57 Å². The molecule has 0 saturated carbocycles. The van der Waals surface area contributed by atoms with Crippen LogP contribution in [0, 0.1) is 0 Å². The number of allylic oxidation sites excluding steroid dienone is 1. The first-order valence-corrected chi connectivity index (χ1v) is 15.5. The van der Waals surface area contributed by atoms with Gasteiger partial charge in [-0.2, -0.15) is 0 Å². The summed E-state index contributed by atoms with van der Waals surface area (Å²) >= 11 is 1.83. The summed E-state index contributed by atoms with van der Waals surface area (Å²) < 4.78 is 4.88. The Kier molecular flexibility index (Phi) is 4.44. The molecule has 0 amide bonds. The van der Waals surface area contributed by atoms with Crippen LogP contribution in [0.3, 0.4) is 0 Å². The largest absolute Gasteiger partial charge is 0.309 e. The number of rotatable bonds is 1. The van der Waals surface area contributed by atoms with E-state index in [1.54, 1.807) is 6.08 Å². The molecular weight excluding hydrogens is 543 g/mol. The molecule has 6 aromatic carbocycles. The first-order chi connectivity index (χ1) is 21.2. The molecule has 200 valence electrons. The summed E-state index contributed by atoms with van der Waals surface area (Å²) in [6.07, 6.45) is 3.77. The predicted molar refractivity (Wildman–Crippen MR) is 179 cm³/mol. The quantitative estimate of drug-likeness (QED) is 0.194. The molecule has 0 bridgehead atoms. The van der Waals surface area contributed by atoms with Gasteiger partial charge in [0.25, 0.3) is 0 Å². The molecule has 1 unspecified atom stereocenters. The average Bonchev–Trinajstić information content (AvgIpc) is 3.69. The van der Waals surface area contributed by atoms with Crippen molar-refractivity contribution in [3.63, 3.8) is 0 Å².